The van der Waals surface area contributed by atoms with Crippen LogP contribution in [0.1, 0.15) is 120 Å². The van der Waals surface area contributed by atoms with Crippen LogP contribution >= 0.6 is 11.3 Å². The van der Waals surface area contributed by atoms with E-state index in [2.05, 4.69) is 18.4 Å². The minimum atomic E-state index is -0.899. The summed E-state index contributed by atoms with van der Waals surface area (Å²) in [5, 5.41) is 2.06. The Bertz CT molecular complexity index is 722. The van der Waals surface area contributed by atoms with Crippen LogP contribution in [-0.2, 0) is 25.4 Å². The first-order valence-electron chi connectivity index (χ1n) is 13.8. The van der Waals surface area contributed by atoms with Crippen LogP contribution in [-0.4, -0.2) is 43.5 Å². The first kappa shape index (κ1) is 29.6. The predicted molar refractivity (Wildman–Crippen MR) is 142 cm³/mol. The number of unbranched alkanes of at least 4 members (excludes halogenated alkanes) is 12. The quantitative estimate of drug-likeness (QED) is 0.115. The summed E-state index contributed by atoms with van der Waals surface area (Å²) in [5.74, 6) is -0.310. The van der Waals surface area contributed by atoms with Crippen LogP contribution in [0, 0.1) is 0 Å². The molecule has 1 amide bonds. The fraction of sp³-hybridized carbons (Fsp3) is 0.786. The number of fused-ring (bicyclic) bond motifs is 1. The van der Waals surface area contributed by atoms with Gasteiger partial charge in [0.25, 0.3) is 0 Å². The highest BCUT2D eigenvalue weighted by Gasteiger charge is 2.26. The zero-order chi connectivity index (χ0) is 25.3. The van der Waals surface area contributed by atoms with E-state index in [9.17, 15) is 9.59 Å². The van der Waals surface area contributed by atoms with Crippen molar-refractivity contribution >= 4 is 23.4 Å². The summed E-state index contributed by atoms with van der Waals surface area (Å²) in [5.41, 5.74) is 1.29. The van der Waals surface area contributed by atoms with Gasteiger partial charge in [0.1, 0.15) is 6.10 Å². The number of amides is 1. The molecule has 35 heavy (non-hydrogen) atoms. The topological polar surface area (TPSA) is 65.1 Å². The van der Waals surface area contributed by atoms with Gasteiger partial charge in [0, 0.05) is 25.3 Å². The van der Waals surface area contributed by atoms with Crippen LogP contribution in [0.5, 0.6) is 0 Å². The van der Waals surface area contributed by atoms with Crippen molar-refractivity contribution in [1.82, 2.24) is 4.90 Å². The van der Waals surface area contributed by atoms with E-state index in [1.807, 2.05) is 0 Å². The van der Waals surface area contributed by atoms with Crippen LogP contribution in [0.3, 0.4) is 0 Å². The second kappa shape index (κ2) is 17.8. The molecule has 6 nitrogen and oxygen atoms in total. The summed E-state index contributed by atoms with van der Waals surface area (Å²) in [7, 11) is 1.68. The third-order valence-corrected chi connectivity index (χ3v) is 7.61. The number of likely N-dealkylation sites (N-methyl/N-ethyl adjacent to an activating group) is 1. The molecule has 0 bridgehead atoms. The molecular formula is C28H47NO5S. The lowest BCUT2D eigenvalue weighted by atomic mass is 10.0. The molecule has 0 saturated heterocycles. The summed E-state index contributed by atoms with van der Waals surface area (Å²) in [4.78, 5) is 27.1. The Morgan fingerprint density at radius 1 is 1.00 bits per heavy atom. The van der Waals surface area contributed by atoms with Crippen LogP contribution in [0.25, 0.3) is 0 Å². The number of hydrogen-bond donors (Lipinski definition) is 0. The van der Waals surface area contributed by atoms with Crippen molar-refractivity contribution in [2.75, 3.05) is 20.2 Å². The molecule has 1 aromatic rings. The van der Waals surface area contributed by atoms with Crippen LogP contribution in [0.2, 0.25) is 0 Å². The van der Waals surface area contributed by atoms with E-state index in [1.165, 1.54) is 79.5 Å². The number of carbonyl (C=O) groups is 2. The maximum Gasteiger partial charge on any atom is 0.412 e. The smallest absolute Gasteiger partial charge is 0.412 e. The third-order valence-electron chi connectivity index (χ3n) is 6.56. The van der Waals surface area contributed by atoms with Gasteiger partial charge in [-0.2, -0.15) is 0 Å². The molecule has 0 N–H and O–H groups in total. The van der Waals surface area contributed by atoms with Gasteiger partial charge in [-0.25, -0.2) is 4.79 Å². The minimum Gasteiger partial charge on any atom is -0.425 e. The Morgan fingerprint density at radius 2 is 1.60 bits per heavy atom. The molecule has 0 aromatic carbocycles. The maximum absolute atomic E-state index is 12.4. The van der Waals surface area contributed by atoms with Crippen molar-refractivity contribution in [3.63, 3.8) is 0 Å². The molecule has 2 atom stereocenters. The normalized spacial score (nSPS) is 15.9. The standard InChI is InChI=1S/C28H47NO5S/c1-4-5-6-7-8-9-10-11-12-13-14-15-16-17-26(30)33-23(2)34-28(31)29(3)22-25-27-24(18-20-32-25)19-21-35-27/h19,21,23,25H,4-18,20,22H2,1-3H3/t23?,25-/m0/s1. The van der Waals surface area contributed by atoms with Gasteiger partial charge < -0.3 is 19.1 Å². The molecule has 0 spiro atoms. The van der Waals surface area contributed by atoms with Crippen molar-refractivity contribution in [3.05, 3.63) is 21.9 Å². The Kier molecular flexibility index (Phi) is 15.0. The molecule has 0 fully saturated rings. The van der Waals surface area contributed by atoms with Gasteiger partial charge >= 0.3 is 12.1 Å². The summed E-state index contributed by atoms with van der Waals surface area (Å²) < 4.78 is 16.4. The fourth-order valence-electron chi connectivity index (χ4n) is 4.47. The van der Waals surface area contributed by atoms with Gasteiger partial charge in [0.2, 0.25) is 6.29 Å². The van der Waals surface area contributed by atoms with Gasteiger partial charge in [-0.15, -0.1) is 11.3 Å². The molecule has 1 aromatic heterocycles. The van der Waals surface area contributed by atoms with Crippen molar-refractivity contribution in [2.24, 2.45) is 0 Å². The van der Waals surface area contributed by atoms with E-state index in [4.69, 9.17) is 14.2 Å². The minimum absolute atomic E-state index is 0.135. The van der Waals surface area contributed by atoms with E-state index in [1.54, 1.807) is 25.3 Å². The van der Waals surface area contributed by atoms with Crippen molar-refractivity contribution in [1.29, 1.82) is 0 Å². The van der Waals surface area contributed by atoms with Crippen molar-refractivity contribution in [2.45, 2.75) is 123 Å². The summed E-state index contributed by atoms with van der Waals surface area (Å²) in [6.07, 6.45) is 16.2. The first-order chi connectivity index (χ1) is 17.0. The number of thiophene rings is 1. The van der Waals surface area contributed by atoms with E-state index < -0.39 is 12.4 Å². The van der Waals surface area contributed by atoms with E-state index in [-0.39, 0.29) is 12.1 Å². The Hall–Kier alpha value is -1.60. The molecule has 2 heterocycles. The highest BCUT2D eigenvalue weighted by molar-refractivity contribution is 7.10. The molecule has 7 heteroatoms. The fourth-order valence-corrected chi connectivity index (χ4v) is 5.46. The monoisotopic (exact) mass is 509 g/mol. The van der Waals surface area contributed by atoms with Gasteiger partial charge in [-0.05, 0) is 29.9 Å². The molecule has 0 aliphatic carbocycles. The zero-order valence-corrected chi connectivity index (χ0v) is 23.0. The molecule has 0 saturated carbocycles. The van der Waals surface area contributed by atoms with Gasteiger partial charge in [-0.3, -0.25) is 4.79 Å². The number of esters is 1. The number of hydrogen-bond acceptors (Lipinski definition) is 6. The average molecular weight is 510 g/mol. The Morgan fingerprint density at radius 3 is 2.23 bits per heavy atom. The predicted octanol–water partition coefficient (Wildman–Crippen LogP) is 7.80. The molecule has 1 unspecified atom stereocenters. The summed E-state index contributed by atoms with van der Waals surface area (Å²) in [6, 6.07) is 2.12. The lowest BCUT2D eigenvalue weighted by Gasteiger charge is -2.28. The number of ether oxygens (including phenoxy) is 3. The van der Waals surface area contributed by atoms with Crippen molar-refractivity contribution in [3.8, 4) is 0 Å². The second-order valence-electron chi connectivity index (χ2n) is 9.73. The number of carbonyl (C=O) groups excluding carboxylic acids is 2. The second-order valence-corrected chi connectivity index (χ2v) is 10.7. The van der Waals surface area contributed by atoms with Crippen molar-refractivity contribution < 1.29 is 23.8 Å². The first-order valence-corrected chi connectivity index (χ1v) is 14.7. The summed E-state index contributed by atoms with van der Waals surface area (Å²) >= 11 is 1.66. The molecule has 1 aliphatic heterocycles. The van der Waals surface area contributed by atoms with Crippen LogP contribution in [0.15, 0.2) is 11.4 Å². The molecule has 1 aliphatic rings. The highest BCUT2D eigenvalue weighted by atomic mass is 32.1. The van der Waals surface area contributed by atoms with E-state index in [0.29, 0.717) is 19.6 Å². The summed E-state index contributed by atoms with van der Waals surface area (Å²) in [6.45, 7) is 4.91. The SMILES string of the molecule is CCCCCCCCCCCCCCCC(=O)OC(C)OC(=O)N(C)C[C@@H]1OCCc2ccsc21. The Balaban J connectivity index is 1.46. The van der Waals surface area contributed by atoms with Crippen LogP contribution in [0.4, 0.5) is 4.79 Å². The number of rotatable bonds is 18. The van der Waals surface area contributed by atoms with Gasteiger partial charge in [0.05, 0.1) is 13.2 Å². The van der Waals surface area contributed by atoms with E-state index in [0.717, 1.165) is 25.7 Å². The molecule has 0 radical (unpaired) electrons. The van der Waals surface area contributed by atoms with Crippen LogP contribution < -0.4 is 0 Å². The zero-order valence-electron chi connectivity index (χ0n) is 22.2. The van der Waals surface area contributed by atoms with E-state index >= 15 is 0 Å². The Labute approximate surface area is 216 Å². The molecule has 2 rings (SSSR count). The largest absolute Gasteiger partial charge is 0.425 e. The average Bonchev–Trinajstić information content (AvgIpc) is 3.32. The lowest BCUT2D eigenvalue weighted by Crippen LogP contribution is -2.36. The highest BCUT2D eigenvalue weighted by Crippen LogP contribution is 2.32. The van der Waals surface area contributed by atoms with Gasteiger partial charge in [0.15, 0.2) is 0 Å². The number of nitrogens with zero attached hydrogens (tertiary/aromatic N) is 1. The lowest BCUT2D eigenvalue weighted by molar-refractivity contribution is -0.166. The molecule has 200 valence electrons. The maximum atomic E-state index is 12.4. The third kappa shape index (κ3) is 12.3. The molecular weight excluding hydrogens is 462 g/mol. The van der Waals surface area contributed by atoms with Gasteiger partial charge in [-0.1, -0.05) is 84.0 Å².